The van der Waals surface area contributed by atoms with Crippen molar-refractivity contribution < 1.29 is 14.6 Å². The van der Waals surface area contributed by atoms with Crippen molar-refractivity contribution in [2.24, 2.45) is 0 Å². The molecule has 0 aliphatic heterocycles. The van der Waals surface area contributed by atoms with Crippen LogP contribution in [0.3, 0.4) is 0 Å². The lowest BCUT2D eigenvalue weighted by molar-refractivity contribution is -0.137. The van der Waals surface area contributed by atoms with Crippen LogP contribution in [0.4, 0.5) is 0 Å². The number of aromatic nitrogens is 1. The van der Waals surface area contributed by atoms with E-state index in [1.54, 1.807) is 0 Å². The third-order valence-corrected chi connectivity index (χ3v) is 2.57. The number of carbonyl (C=O) groups is 1. The van der Waals surface area contributed by atoms with Crippen LogP contribution in [0.5, 0.6) is 5.88 Å². The zero-order chi connectivity index (χ0) is 12.1. The van der Waals surface area contributed by atoms with Crippen LogP contribution in [0.2, 0.25) is 15.2 Å². The van der Waals surface area contributed by atoms with Crippen molar-refractivity contribution in [3.63, 3.8) is 0 Å². The smallest absolute Gasteiger partial charge is 0.303 e. The maximum absolute atomic E-state index is 10.2. The molecule has 4 nitrogen and oxygen atoms in total. The van der Waals surface area contributed by atoms with Gasteiger partial charge in [-0.25, -0.2) is 0 Å². The van der Waals surface area contributed by atoms with Gasteiger partial charge in [0.05, 0.1) is 11.6 Å². The summed E-state index contributed by atoms with van der Waals surface area (Å²) in [4.78, 5) is 14.1. The Morgan fingerprint density at radius 1 is 1.38 bits per heavy atom. The number of rotatable bonds is 5. The molecule has 0 aromatic carbocycles. The minimum Gasteiger partial charge on any atom is -0.481 e. The molecule has 0 amide bonds. The molecule has 1 rings (SSSR count). The summed E-state index contributed by atoms with van der Waals surface area (Å²) in [6.07, 6.45) is 0.395. The molecule has 1 N–H and O–H groups in total. The summed E-state index contributed by atoms with van der Waals surface area (Å²) in [5.41, 5.74) is 0. The normalized spacial score (nSPS) is 10.2. The molecule has 88 valence electrons. The summed E-state index contributed by atoms with van der Waals surface area (Å²) < 4.78 is 5.17. The second kappa shape index (κ2) is 6.13. The average molecular weight is 285 g/mol. The third kappa shape index (κ3) is 4.04. The fraction of sp³-hybridized carbons (Fsp3) is 0.333. The van der Waals surface area contributed by atoms with E-state index in [-0.39, 0.29) is 34.1 Å². The van der Waals surface area contributed by atoms with Crippen molar-refractivity contribution in [2.75, 3.05) is 6.61 Å². The van der Waals surface area contributed by atoms with Gasteiger partial charge >= 0.3 is 5.97 Å². The minimum atomic E-state index is -0.878. The number of aliphatic carboxylic acids is 1. The lowest BCUT2D eigenvalue weighted by Crippen LogP contribution is -2.03. The van der Waals surface area contributed by atoms with Crippen molar-refractivity contribution >= 4 is 40.8 Å². The van der Waals surface area contributed by atoms with Crippen molar-refractivity contribution in [3.8, 4) is 5.88 Å². The number of ether oxygens (including phenoxy) is 1. The van der Waals surface area contributed by atoms with E-state index in [0.717, 1.165) is 0 Å². The van der Waals surface area contributed by atoms with Crippen LogP contribution in [-0.4, -0.2) is 22.7 Å². The van der Waals surface area contributed by atoms with Crippen LogP contribution in [0.25, 0.3) is 0 Å². The van der Waals surface area contributed by atoms with Crippen molar-refractivity contribution in [1.82, 2.24) is 4.98 Å². The molecule has 0 spiro atoms. The van der Waals surface area contributed by atoms with Gasteiger partial charge in [-0.05, 0) is 12.5 Å². The van der Waals surface area contributed by atoms with Crippen LogP contribution in [-0.2, 0) is 4.79 Å². The molecule has 1 aromatic rings. The Morgan fingerprint density at radius 2 is 2.06 bits per heavy atom. The first-order chi connectivity index (χ1) is 7.50. The molecule has 0 saturated heterocycles. The van der Waals surface area contributed by atoms with E-state index in [9.17, 15) is 4.79 Å². The van der Waals surface area contributed by atoms with E-state index in [2.05, 4.69) is 4.98 Å². The fourth-order valence-corrected chi connectivity index (χ4v) is 1.47. The van der Waals surface area contributed by atoms with E-state index in [1.807, 2.05) is 0 Å². The number of hydrogen-bond donors (Lipinski definition) is 1. The van der Waals surface area contributed by atoms with Gasteiger partial charge in [0.25, 0.3) is 0 Å². The van der Waals surface area contributed by atoms with Crippen molar-refractivity contribution in [3.05, 3.63) is 21.3 Å². The van der Waals surface area contributed by atoms with Gasteiger partial charge in [0.1, 0.15) is 5.02 Å². The van der Waals surface area contributed by atoms with Gasteiger partial charge in [-0.2, -0.15) is 4.98 Å². The van der Waals surface area contributed by atoms with E-state index in [1.165, 1.54) is 6.07 Å². The van der Waals surface area contributed by atoms with Gasteiger partial charge < -0.3 is 9.84 Å². The van der Waals surface area contributed by atoms with Crippen molar-refractivity contribution in [2.45, 2.75) is 12.8 Å². The van der Waals surface area contributed by atoms with Gasteiger partial charge in [0, 0.05) is 6.42 Å². The van der Waals surface area contributed by atoms with Gasteiger partial charge in [0.15, 0.2) is 5.15 Å². The first-order valence-corrected chi connectivity index (χ1v) is 5.50. The largest absolute Gasteiger partial charge is 0.481 e. The standard InChI is InChI=1S/C9H8Cl3NO3/c10-5-4-6(11)9(13-8(5)12)16-3-1-2-7(14)15/h4H,1-3H2,(H,14,15). The number of halogens is 3. The van der Waals surface area contributed by atoms with E-state index < -0.39 is 5.97 Å². The number of pyridine rings is 1. The second-order valence-corrected chi connectivity index (χ2v) is 4.07. The van der Waals surface area contributed by atoms with Gasteiger partial charge in [-0.15, -0.1) is 0 Å². The topological polar surface area (TPSA) is 59.4 Å². The molecule has 16 heavy (non-hydrogen) atoms. The Labute approximate surface area is 107 Å². The number of nitrogens with zero attached hydrogens (tertiary/aromatic N) is 1. The first kappa shape index (κ1) is 13.4. The third-order valence-electron chi connectivity index (χ3n) is 1.63. The Bertz CT molecular complexity index is 398. The highest BCUT2D eigenvalue weighted by Crippen LogP contribution is 2.30. The summed E-state index contributed by atoms with van der Waals surface area (Å²) in [5.74, 6) is -0.724. The SMILES string of the molecule is O=C(O)CCCOc1nc(Cl)c(Cl)cc1Cl. The van der Waals surface area contributed by atoms with Crippen molar-refractivity contribution in [1.29, 1.82) is 0 Å². The summed E-state index contributed by atoms with van der Waals surface area (Å²) in [6, 6.07) is 1.42. The highest BCUT2D eigenvalue weighted by atomic mass is 35.5. The van der Waals surface area contributed by atoms with Crippen LogP contribution < -0.4 is 4.74 Å². The summed E-state index contributed by atoms with van der Waals surface area (Å²) in [7, 11) is 0. The monoisotopic (exact) mass is 283 g/mol. The first-order valence-electron chi connectivity index (χ1n) is 4.37. The molecule has 0 radical (unpaired) electrons. The van der Waals surface area contributed by atoms with Crippen LogP contribution in [0, 0.1) is 0 Å². The van der Waals surface area contributed by atoms with Crippen LogP contribution >= 0.6 is 34.8 Å². The van der Waals surface area contributed by atoms with Gasteiger partial charge in [0.2, 0.25) is 5.88 Å². The lowest BCUT2D eigenvalue weighted by Gasteiger charge is -2.07. The summed E-state index contributed by atoms with van der Waals surface area (Å²) in [5, 5.41) is 8.99. The Morgan fingerprint density at radius 3 is 2.69 bits per heavy atom. The predicted molar refractivity (Wildman–Crippen MR) is 61.6 cm³/mol. The number of hydrogen-bond acceptors (Lipinski definition) is 3. The summed E-state index contributed by atoms with van der Waals surface area (Å²) >= 11 is 17.1. The highest BCUT2D eigenvalue weighted by molar-refractivity contribution is 6.42. The molecule has 7 heteroatoms. The molecule has 0 aliphatic carbocycles. The molecular weight excluding hydrogens is 276 g/mol. The second-order valence-electron chi connectivity index (χ2n) is 2.89. The highest BCUT2D eigenvalue weighted by Gasteiger charge is 2.09. The van der Waals surface area contributed by atoms with E-state index >= 15 is 0 Å². The molecule has 1 heterocycles. The zero-order valence-electron chi connectivity index (χ0n) is 8.04. The quantitative estimate of drug-likeness (QED) is 0.666. The average Bonchev–Trinajstić information content (AvgIpc) is 2.19. The van der Waals surface area contributed by atoms with Gasteiger partial charge in [-0.1, -0.05) is 34.8 Å². The molecule has 0 saturated carbocycles. The molecule has 0 unspecified atom stereocenters. The molecule has 0 atom stereocenters. The number of carboxylic acid groups (broad SMARTS) is 1. The van der Waals surface area contributed by atoms with E-state index in [0.29, 0.717) is 6.42 Å². The molecular formula is C9H8Cl3NO3. The Kier molecular flexibility index (Phi) is 5.12. The van der Waals surface area contributed by atoms with Gasteiger partial charge in [-0.3, -0.25) is 4.79 Å². The fourth-order valence-electron chi connectivity index (χ4n) is 0.922. The van der Waals surface area contributed by atoms with E-state index in [4.69, 9.17) is 44.6 Å². The zero-order valence-corrected chi connectivity index (χ0v) is 10.3. The van der Waals surface area contributed by atoms with Crippen LogP contribution in [0.1, 0.15) is 12.8 Å². The maximum atomic E-state index is 10.2. The minimum absolute atomic E-state index is 0.0267. The molecule has 0 bridgehead atoms. The number of carboxylic acids is 1. The molecule has 0 fully saturated rings. The lowest BCUT2D eigenvalue weighted by atomic mass is 10.3. The Balaban J connectivity index is 2.54. The molecule has 1 aromatic heterocycles. The Hall–Kier alpha value is -0.710. The van der Waals surface area contributed by atoms with Crippen LogP contribution in [0.15, 0.2) is 6.07 Å². The maximum Gasteiger partial charge on any atom is 0.303 e. The predicted octanol–water partition coefficient (Wildman–Crippen LogP) is 3.29. The molecule has 0 aliphatic rings. The summed E-state index contributed by atoms with van der Waals surface area (Å²) in [6.45, 7) is 0.205.